The highest BCUT2D eigenvalue weighted by Crippen LogP contribution is 2.28. The van der Waals surface area contributed by atoms with Crippen molar-refractivity contribution in [3.8, 4) is 11.5 Å². The van der Waals surface area contributed by atoms with Gasteiger partial charge in [0.15, 0.2) is 0 Å². The summed E-state index contributed by atoms with van der Waals surface area (Å²) < 4.78 is 10.9. The Hall–Kier alpha value is -4.97. The van der Waals surface area contributed by atoms with E-state index in [0.717, 1.165) is 21.5 Å². The fourth-order valence-corrected chi connectivity index (χ4v) is 4.02. The number of hydrogen-bond donors (Lipinski definition) is 1. The van der Waals surface area contributed by atoms with Crippen molar-refractivity contribution in [1.82, 2.24) is 5.43 Å². The third kappa shape index (κ3) is 4.65. The van der Waals surface area contributed by atoms with E-state index in [9.17, 15) is 9.59 Å². The fraction of sp³-hybridized carbons (Fsp3) is 0.0333. The Morgan fingerprint density at radius 2 is 1.42 bits per heavy atom. The highest BCUT2D eigenvalue weighted by Gasteiger charge is 2.14. The van der Waals surface area contributed by atoms with Crippen LogP contribution in [0.4, 0.5) is 0 Å². The summed E-state index contributed by atoms with van der Waals surface area (Å²) in [4.78, 5) is 25.7. The minimum absolute atomic E-state index is 0.331. The third-order valence-electron chi connectivity index (χ3n) is 5.85. The predicted octanol–water partition coefficient (Wildman–Crippen LogP) is 5.98. The molecule has 0 fully saturated rings. The van der Waals surface area contributed by atoms with Gasteiger partial charge < -0.3 is 9.47 Å². The topological polar surface area (TPSA) is 77.0 Å². The molecule has 5 aromatic rings. The van der Waals surface area contributed by atoms with E-state index in [1.54, 1.807) is 43.5 Å². The lowest BCUT2D eigenvalue weighted by molar-refractivity contribution is 0.0734. The summed E-state index contributed by atoms with van der Waals surface area (Å²) >= 11 is 0. The van der Waals surface area contributed by atoms with E-state index in [2.05, 4.69) is 10.5 Å². The summed E-state index contributed by atoms with van der Waals surface area (Å²) in [7, 11) is 1.56. The SMILES string of the molecule is COc1ccc(C(=O)Oc2ccc3ccccc3c2/C=N/NC(=O)c2cccc3ccccc23)cc1. The van der Waals surface area contributed by atoms with Gasteiger partial charge in [0, 0.05) is 11.1 Å². The molecule has 1 amide bonds. The van der Waals surface area contributed by atoms with Gasteiger partial charge in [-0.15, -0.1) is 0 Å². The second-order valence-corrected chi connectivity index (χ2v) is 8.04. The van der Waals surface area contributed by atoms with Crippen molar-refractivity contribution < 1.29 is 19.1 Å². The van der Waals surface area contributed by atoms with Crippen LogP contribution in [0.2, 0.25) is 0 Å². The molecule has 6 heteroatoms. The monoisotopic (exact) mass is 474 g/mol. The molecule has 0 aliphatic rings. The first-order valence-electron chi connectivity index (χ1n) is 11.3. The quantitative estimate of drug-likeness (QED) is 0.142. The average Bonchev–Trinajstić information content (AvgIpc) is 2.93. The molecule has 0 spiro atoms. The first-order chi connectivity index (χ1) is 17.6. The van der Waals surface area contributed by atoms with Gasteiger partial charge in [-0.05, 0) is 57.9 Å². The molecule has 0 aliphatic carbocycles. The number of amides is 1. The van der Waals surface area contributed by atoms with Gasteiger partial charge in [0.1, 0.15) is 11.5 Å². The van der Waals surface area contributed by atoms with Gasteiger partial charge in [0.25, 0.3) is 5.91 Å². The number of ether oxygens (including phenoxy) is 2. The van der Waals surface area contributed by atoms with E-state index in [0.29, 0.717) is 28.2 Å². The summed E-state index contributed by atoms with van der Waals surface area (Å²) in [6, 6.07) is 31.2. The zero-order valence-corrected chi connectivity index (χ0v) is 19.5. The van der Waals surface area contributed by atoms with E-state index in [1.807, 2.05) is 66.7 Å². The minimum atomic E-state index is -0.512. The highest BCUT2D eigenvalue weighted by molar-refractivity contribution is 6.08. The third-order valence-corrected chi connectivity index (χ3v) is 5.85. The van der Waals surface area contributed by atoms with Crippen LogP contribution in [0.5, 0.6) is 11.5 Å². The van der Waals surface area contributed by atoms with E-state index >= 15 is 0 Å². The van der Waals surface area contributed by atoms with E-state index in [-0.39, 0.29) is 5.91 Å². The number of fused-ring (bicyclic) bond motifs is 2. The fourth-order valence-electron chi connectivity index (χ4n) is 4.02. The number of benzene rings is 5. The van der Waals surface area contributed by atoms with Crippen molar-refractivity contribution in [3.05, 3.63) is 120 Å². The second kappa shape index (κ2) is 10.1. The molecule has 5 rings (SSSR count). The number of hydrogen-bond acceptors (Lipinski definition) is 5. The molecule has 0 aromatic heterocycles. The Balaban J connectivity index is 1.43. The van der Waals surface area contributed by atoms with Crippen molar-refractivity contribution in [1.29, 1.82) is 0 Å². The molecule has 0 radical (unpaired) electrons. The van der Waals surface area contributed by atoms with Crippen LogP contribution in [-0.4, -0.2) is 25.2 Å². The lowest BCUT2D eigenvalue weighted by atomic mass is 10.0. The summed E-state index contributed by atoms with van der Waals surface area (Å²) in [6.07, 6.45) is 1.50. The Labute approximate surface area is 207 Å². The molecule has 0 bridgehead atoms. The predicted molar refractivity (Wildman–Crippen MR) is 141 cm³/mol. The zero-order valence-electron chi connectivity index (χ0n) is 19.5. The van der Waals surface area contributed by atoms with Crippen LogP contribution >= 0.6 is 0 Å². The average molecular weight is 475 g/mol. The van der Waals surface area contributed by atoms with Gasteiger partial charge in [0.2, 0.25) is 0 Å². The van der Waals surface area contributed by atoms with Crippen molar-refractivity contribution in [3.63, 3.8) is 0 Å². The molecule has 36 heavy (non-hydrogen) atoms. The molecule has 0 aliphatic heterocycles. The van der Waals surface area contributed by atoms with Crippen LogP contribution in [0.1, 0.15) is 26.3 Å². The Kier molecular flexibility index (Phi) is 6.40. The standard InChI is InChI=1S/C30H22N2O4/c1-35-23-16-13-22(14-17-23)30(34)36-28-18-15-21-8-3-5-11-25(21)27(28)19-31-32-29(33)26-12-6-9-20-7-2-4-10-24(20)26/h2-19H,1H3,(H,32,33)/b31-19+. The number of methoxy groups -OCH3 is 1. The molecule has 0 heterocycles. The van der Waals surface area contributed by atoms with Crippen molar-refractivity contribution in [2.45, 2.75) is 0 Å². The number of nitrogens with one attached hydrogen (secondary N) is 1. The first kappa shape index (κ1) is 22.8. The van der Waals surface area contributed by atoms with Crippen LogP contribution in [0.15, 0.2) is 108 Å². The maximum atomic E-state index is 12.9. The van der Waals surface area contributed by atoms with E-state index in [4.69, 9.17) is 9.47 Å². The molecule has 1 N–H and O–H groups in total. The van der Waals surface area contributed by atoms with Gasteiger partial charge in [-0.1, -0.05) is 66.7 Å². The highest BCUT2D eigenvalue weighted by atomic mass is 16.5. The van der Waals surface area contributed by atoms with Crippen molar-refractivity contribution >= 4 is 39.6 Å². The molecule has 176 valence electrons. The van der Waals surface area contributed by atoms with Crippen LogP contribution in [0, 0.1) is 0 Å². The molecule has 0 saturated carbocycles. The van der Waals surface area contributed by atoms with Crippen LogP contribution in [-0.2, 0) is 0 Å². The van der Waals surface area contributed by atoms with E-state index in [1.165, 1.54) is 6.21 Å². The molecule has 5 aromatic carbocycles. The van der Waals surface area contributed by atoms with E-state index < -0.39 is 5.97 Å². The number of carbonyl (C=O) groups is 2. The molecular formula is C30H22N2O4. The Bertz CT molecular complexity index is 1600. The lowest BCUT2D eigenvalue weighted by Crippen LogP contribution is -2.18. The van der Waals surface area contributed by atoms with Crippen LogP contribution < -0.4 is 14.9 Å². The molecular weight excluding hydrogens is 452 g/mol. The van der Waals surface area contributed by atoms with Crippen molar-refractivity contribution in [2.75, 3.05) is 7.11 Å². The van der Waals surface area contributed by atoms with Crippen molar-refractivity contribution in [2.24, 2.45) is 5.10 Å². The summed E-state index contributed by atoms with van der Waals surface area (Å²) in [5, 5.41) is 7.80. The van der Waals surface area contributed by atoms with Gasteiger partial charge in [0.05, 0.1) is 18.9 Å². The van der Waals surface area contributed by atoms with Gasteiger partial charge >= 0.3 is 5.97 Å². The van der Waals surface area contributed by atoms with Gasteiger partial charge in [-0.3, -0.25) is 4.79 Å². The Morgan fingerprint density at radius 3 is 2.17 bits per heavy atom. The molecule has 0 unspecified atom stereocenters. The normalized spacial score (nSPS) is 11.0. The Morgan fingerprint density at radius 1 is 0.750 bits per heavy atom. The number of hydrazone groups is 1. The second-order valence-electron chi connectivity index (χ2n) is 8.04. The largest absolute Gasteiger partial charge is 0.497 e. The number of rotatable bonds is 6. The number of esters is 1. The number of nitrogens with zero attached hydrogens (tertiary/aromatic N) is 1. The molecule has 0 atom stereocenters. The number of carbonyl (C=O) groups excluding carboxylic acids is 2. The summed E-state index contributed by atoms with van der Waals surface area (Å²) in [6.45, 7) is 0. The summed E-state index contributed by atoms with van der Waals surface area (Å²) in [5.74, 6) is 0.132. The maximum absolute atomic E-state index is 12.9. The maximum Gasteiger partial charge on any atom is 0.343 e. The minimum Gasteiger partial charge on any atom is -0.497 e. The lowest BCUT2D eigenvalue weighted by Gasteiger charge is -2.11. The van der Waals surface area contributed by atoms with Gasteiger partial charge in [-0.2, -0.15) is 5.10 Å². The molecule has 6 nitrogen and oxygen atoms in total. The summed E-state index contributed by atoms with van der Waals surface area (Å²) in [5.41, 5.74) is 4.09. The van der Waals surface area contributed by atoms with Crippen LogP contribution in [0.3, 0.4) is 0 Å². The first-order valence-corrected chi connectivity index (χ1v) is 11.3. The molecule has 0 saturated heterocycles. The van der Waals surface area contributed by atoms with Gasteiger partial charge in [-0.25, -0.2) is 10.2 Å². The van der Waals surface area contributed by atoms with Crippen LogP contribution in [0.25, 0.3) is 21.5 Å². The smallest absolute Gasteiger partial charge is 0.343 e. The zero-order chi connectivity index (χ0) is 24.9.